The highest BCUT2D eigenvalue weighted by molar-refractivity contribution is 6.06. The summed E-state index contributed by atoms with van der Waals surface area (Å²) < 4.78 is 10.6. The van der Waals surface area contributed by atoms with Gasteiger partial charge < -0.3 is 9.15 Å². The lowest BCUT2D eigenvalue weighted by atomic mass is 9.63. The van der Waals surface area contributed by atoms with Gasteiger partial charge >= 0.3 is 5.97 Å². The van der Waals surface area contributed by atoms with E-state index in [0.29, 0.717) is 34.5 Å². The Bertz CT molecular complexity index is 1140. The fraction of sp³-hybridized carbons (Fsp3) is 0.333. The van der Waals surface area contributed by atoms with Gasteiger partial charge in [0.05, 0.1) is 30.7 Å². The predicted molar refractivity (Wildman–Crippen MR) is 110 cm³/mol. The van der Waals surface area contributed by atoms with Gasteiger partial charge in [-0.15, -0.1) is 0 Å². The number of hydrogen-bond donors (Lipinski definition) is 0. The average molecular weight is 416 g/mol. The molecule has 1 saturated heterocycles. The molecule has 2 aromatic rings. The molecule has 5 aliphatic rings. The van der Waals surface area contributed by atoms with Crippen molar-refractivity contribution in [3.05, 3.63) is 59.9 Å². The standard InChI is InChI=1S/C24H20N2O5/c1-30-24(29)13-4-2-3-12(9-13)19-8-5-14(31-19)11-25-26-22(27)20-15-6-7-16(18-10-17(15)18)21(20)23(26)28/h2-9,11,15-18,20-21H,10H2,1H3/b25-11+/t15-,16-,17-,18-,20+,21+/m1/s1. The molecule has 7 rings (SSSR count). The molecular formula is C24H20N2O5. The van der Waals surface area contributed by atoms with E-state index in [9.17, 15) is 14.4 Å². The predicted octanol–water partition coefficient (Wildman–Crippen LogP) is 3.12. The third-order valence-corrected chi connectivity index (χ3v) is 7.13. The van der Waals surface area contributed by atoms with Crippen LogP contribution < -0.4 is 0 Å². The lowest BCUT2D eigenvalue weighted by Crippen LogP contribution is -2.40. The quantitative estimate of drug-likeness (QED) is 0.331. The number of carbonyl (C=O) groups excluding carboxylic acids is 3. The Balaban J connectivity index is 1.22. The number of rotatable bonds is 4. The van der Waals surface area contributed by atoms with Crippen molar-refractivity contribution in [3.63, 3.8) is 0 Å². The van der Waals surface area contributed by atoms with E-state index in [2.05, 4.69) is 17.3 Å². The van der Waals surface area contributed by atoms with Gasteiger partial charge in [0.15, 0.2) is 0 Å². The van der Waals surface area contributed by atoms with Gasteiger partial charge in [0.1, 0.15) is 11.5 Å². The van der Waals surface area contributed by atoms with Crippen LogP contribution >= 0.6 is 0 Å². The summed E-state index contributed by atoms with van der Waals surface area (Å²) in [6, 6.07) is 10.4. The number of hydrogen-bond acceptors (Lipinski definition) is 6. The third-order valence-electron chi connectivity index (χ3n) is 7.13. The van der Waals surface area contributed by atoms with Crippen LogP contribution in [0.3, 0.4) is 0 Å². The number of benzene rings is 1. The summed E-state index contributed by atoms with van der Waals surface area (Å²) in [6.45, 7) is 0. The van der Waals surface area contributed by atoms with Crippen LogP contribution in [0.5, 0.6) is 0 Å². The van der Waals surface area contributed by atoms with Crippen molar-refractivity contribution in [2.45, 2.75) is 6.42 Å². The Kier molecular flexibility index (Phi) is 3.84. The number of nitrogens with zero attached hydrogens (tertiary/aromatic N) is 2. The van der Waals surface area contributed by atoms with Crippen LogP contribution in [0.25, 0.3) is 11.3 Å². The Morgan fingerprint density at radius 2 is 1.81 bits per heavy atom. The Morgan fingerprint density at radius 1 is 1.10 bits per heavy atom. The maximum Gasteiger partial charge on any atom is 0.337 e. The number of amides is 2. The lowest BCUT2D eigenvalue weighted by molar-refractivity contribution is -0.140. The number of ether oxygens (including phenoxy) is 1. The van der Waals surface area contributed by atoms with E-state index in [1.54, 1.807) is 30.3 Å². The summed E-state index contributed by atoms with van der Waals surface area (Å²) in [6.07, 6.45) is 6.81. The normalized spacial score (nSPS) is 32.5. The Labute approximate surface area is 178 Å². The Hall–Kier alpha value is -3.48. The summed E-state index contributed by atoms with van der Waals surface area (Å²) >= 11 is 0. The molecule has 0 radical (unpaired) electrons. The molecule has 1 aliphatic heterocycles. The zero-order valence-corrected chi connectivity index (χ0v) is 16.8. The summed E-state index contributed by atoms with van der Waals surface area (Å²) in [5.41, 5.74) is 1.13. The van der Waals surface area contributed by atoms with Crippen LogP contribution in [0.15, 0.2) is 58.1 Å². The molecule has 1 aromatic heterocycles. The van der Waals surface area contributed by atoms with Gasteiger partial charge in [-0.05, 0) is 54.4 Å². The minimum atomic E-state index is -0.427. The largest absolute Gasteiger partial charge is 0.465 e. The molecule has 6 atom stereocenters. The number of hydrazone groups is 1. The number of imide groups is 1. The molecular weight excluding hydrogens is 396 g/mol. The fourth-order valence-corrected chi connectivity index (χ4v) is 5.66. The molecule has 2 saturated carbocycles. The van der Waals surface area contributed by atoms with Gasteiger partial charge in [0.25, 0.3) is 11.8 Å². The molecule has 1 aromatic carbocycles. The first-order valence-corrected chi connectivity index (χ1v) is 10.5. The van der Waals surface area contributed by atoms with Crippen molar-refractivity contribution in [3.8, 4) is 11.3 Å². The first-order valence-electron chi connectivity index (χ1n) is 10.5. The molecule has 0 N–H and O–H groups in total. The summed E-state index contributed by atoms with van der Waals surface area (Å²) in [5.74, 6) is 1.07. The van der Waals surface area contributed by atoms with Gasteiger partial charge in [-0.1, -0.05) is 24.3 Å². The zero-order chi connectivity index (χ0) is 21.3. The number of furan rings is 1. The smallest absolute Gasteiger partial charge is 0.337 e. The van der Waals surface area contributed by atoms with Crippen LogP contribution in [0.1, 0.15) is 22.5 Å². The fourth-order valence-electron chi connectivity index (χ4n) is 5.66. The molecule has 2 amide bonds. The Morgan fingerprint density at radius 3 is 2.48 bits per heavy atom. The molecule has 7 heteroatoms. The minimum Gasteiger partial charge on any atom is -0.465 e. The number of esters is 1. The first kappa shape index (κ1) is 18.3. The van der Waals surface area contributed by atoms with Crippen molar-refractivity contribution in [2.75, 3.05) is 7.11 Å². The topological polar surface area (TPSA) is 89.2 Å². The lowest BCUT2D eigenvalue weighted by Gasteiger charge is -2.37. The number of carbonyl (C=O) groups is 3. The SMILES string of the molecule is COC(=O)c1cccc(-c2ccc(/C=N/N3C(=O)[C@H]4[C@@H]5C=C[C@H]([C@H]6C[C@H]56)[C@@H]4C3=O)o2)c1. The van der Waals surface area contributed by atoms with Crippen molar-refractivity contribution in [1.82, 2.24) is 5.01 Å². The molecule has 2 heterocycles. The van der Waals surface area contributed by atoms with Crippen molar-refractivity contribution >= 4 is 24.0 Å². The monoisotopic (exact) mass is 416 g/mol. The van der Waals surface area contributed by atoms with Crippen LogP contribution in [0.4, 0.5) is 0 Å². The molecule has 3 fully saturated rings. The van der Waals surface area contributed by atoms with Gasteiger partial charge in [-0.3, -0.25) is 9.59 Å². The second-order valence-corrected chi connectivity index (χ2v) is 8.66. The van der Waals surface area contributed by atoms with Crippen LogP contribution in [-0.2, 0) is 14.3 Å². The highest BCUT2D eigenvalue weighted by Gasteiger charge is 2.67. The van der Waals surface area contributed by atoms with E-state index in [1.165, 1.54) is 13.3 Å². The van der Waals surface area contributed by atoms with E-state index in [-0.39, 0.29) is 35.5 Å². The molecule has 7 nitrogen and oxygen atoms in total. The molecule has 0 unspecified atom stereocenters. The molecule has 2 bridgehead atoms. The van der Waals surface area contributed by atoms with Crippen LogP contribution in [0, 0.1) is 35.5 Å². The van der Waals surface area contributed by atoms with Crippen molar-refractivity contribution in [1.29, 1.82) is 0 Å². The summed E-state index contributed by atoms with van der Waals surface area (Å²) in [4.78, 5) is 37.7. The van der Waals surface area contributed by atoms with Crippen molar-refractivity contribution < 1.29 is 23.5 Å². The molecule has 4 aliphatic carbocycles. The summed E-state index contributed by atoms with van der Waals surface area (Å²) in [5, 5.41) is 5.23. The highest BCUT2D eigenvalue weighted by atomic mass is 16.5. The second kappa shape index (κ2) is 6.51. The molecule has 156 valence electrons. The zero-order valence-electron chi connectivity index (χ0n) is 16.8. The van der Waals surface area contributed by atoms with Gasteiger partial charge in [0, 0.05) is 5.56 Å². The van der Waals surface area contributed by atoms with E-state index < -0.39 is 5.97 Å². The van der Waals surface area contributed by atoms with E-state index >= 15 is 0 Å². The molecule has 0 spiro atoms. The first-order chi connectivity index (χ1) is 15.1. The van der Waals surface area contributed by atoms with Crippen LogP contribution in [0.2, 0.25) is 0 Å². The van der Waals surface area contributed by atoms with E-state index in [0.717, 1.165) is 11.4 Å². The maximum atomic E-state index is 13.0. The van der Waals surface area contributed by atoms with Gasteiger partial charge in [-0.25, -0.2) is 4.79 Å². The summed E-state index contributed by atoms with van der Waals surface area (Å²) in [7, 11) is 1.33. The maximum absolute atomic E-state index is 13.0. The van der Waals surface area contributed by atoms with Crippen molar-refractivity contribution in [2.24, 2.45) is 40.6 Å². The highest BCUT2D eigenvalue weighted by Crippen LogP contribution is 2.65. The van der Waals surface area contributed by atoms with Gasteiger partial charge in [0.2, 0.25) is 0 Å². The minimum absolute atomic E-state index is 0.175. The van der Waals surface area contributed by atoms with E-state index in [4.69, 9.17) is 9.15 Å². The van der Waals surface area contributed by atoms with Crippen LogP contribution in [-0.4, -0.2) is 36.1 Å². The average Bonchev–Trinajstić information content (AvgIpc) is 3.44. The van der Waals surface area contributed by atoms with E-state index in [1.807, 2.05) is 6.07 Å². The molecule has 31 heavy (non-hydrogen) atoms. The van der Waals surface area contributed by atoms with Gasteiger partial charge in [-0.2, -0.15) is 10.1 Å². The third kappa shape index (κ3) is 2.65. The number of allylic oxidation sites excluding steroid dienone is 2. The number of methoxy groups -OCH3 is 1. The second-order valence-electron chi connectivity index (χ2n) is 8.66.